The summed E-state index contributed by atoms with van der Waals surface area (Å²) in [6.07, 6.45) is 11.7. The van der Waals surface area contributed by atoms with E-state index in [2.05, 4.69) is 40.7 Å². The fraction of sp³-hybridized carbons (Fsp3) is 0.926. The Bertz CT molecular complexity index is 748. The van der Waals surface area contributed by atoms with Gasteiger partial charge in [0.25, 0.3) is 0 Å². The number of aliphatic hydroxyl groups is 2. The lowest BCUT2D eigenvalue weighted by Crippen LogP contribution is -2.67. The Morgan fingerprint density at radius 2 is 1.77 bits per heavy atom. The van der Waals surface area contributed by atoms with E-state index in [4.69, 9.17) is 9.78 Å². The number of rotatable bonds is 5. The fourth-order valence-electron chi connectivity index (χ4n) is 8.98. The molecule has 0 radical (unpaired) electrons. The molecule has 0 amide bonds. The molecule has 4 nitrogen and oxygen atoms in total. The monoisotopic (exact) mass is 432 g/mol. The Morgan fingerprint density at radius 1 is 1.00 bits per heavy atom. The lowest BCUT2D eigenvalue weighted by Gasteiger charge is -2.60. The third-order valence-corrected chi connectivity index (χ3v) is 10.9. The van der Waals surface area contributed by atoms with Crippen molar-refractivity contribution < 1.29 is 20.0 Å². The Hall–Kier alpha value is -0.420. The second-order valence-corrected chi connectivity index (χ2v) is 12.7. The summed E-state index contributed by atoms with van der Waals surface area (Å²) in [5.74, 6) is 2.75. The number of hydrogen-bond donors (Lipinski definition) is 2. The molecule has 5 aliphatic rings. The fourth-order valence-corrected chi connectivity index (χ4v) is 8.98. The lowest BCUT2D eigenvalue weighted by molar-refractivity contribution is -0.357. The molecule has 9 atom stereocenters. The van der Waals surface area contributed by atoms with E-state index in [1.165, 1.54) is 44.1 Å². The smallest absolute Gasteiger partial charge is 0.144 e. The second kappa shape index (κ2) is 7.29. The van der Waals surface area contributed by atoms with Crippen molar-refractivity contribution in [3.05, 3.63) is 11.6 Å². The average Bonchev–Trinajstić information content (AvgIpc) is 3.14. The molecule has 1 aliphatic heterocycles. The van der Waals surface area contributed by atoms with E-state index in [9.17, 15) is 10.2 Å². The maximum absolute atomic E-state index is 11.4. The van der Waals surface area contributed by atoms with E-state index in [0.717, 1.165) is 37.0 Å². The van der Waals surface area contributed by atoms with Crippen LogP contribution in [0.15, 0.2) is 11.6 Å². The van der Waals surface area contributed by atoms with Crippen molar-refractivity contribution in [3.8, 4) is 0 Å². The van der Waals surface area contributed by atoms with Gasteiger partial charge in [-0.2, -0.15) is 0 Å². The first-order valence-corrected chi connectivity index (χ1v) is 13.0. The lowest BCUT2D eigenvalue weighted by atomic mass is 9.44. The highest BCUT2D eigenvalue weighted by Gasteiger charge is 2.78. The van der Waals surface area contributed by atoms with E-state index in [1.807, 2.05) is 0 Å². The Kier molecular flexibility index (Phi) is 5.26. The van der Waals surface area contributed by atoms with Gasteiger partial charge in [-0.3, -0.25) is 0 Å². The first-order valence-electron chi connectivity index (χ1n) is 13.0. The average molecular weight is 433 g/mol. The molecule has 0 aromatic carbocycles. The third-order valence-electron chi connectivity index (χ3n) is 10.9. The number of aliphatic hydroxyl groups excluding tert-OH is 2. The van der Waals surface area contributed by atoms with Gasteiger partial charge < -0.3 is 10.2 Å². The summed E-state index contributed by atoms with van der Waals surface area (Å²) in [7, 11) is 0. The minimum atomic E-state index is -0.802. The normalized spacial score (nSPS) is 51.8. The van der Waals surface area contributed by atoms with Crippen LogP contribution in [0.3, 0.4) is 0 Å². The summed E-state index contributed by atoms with van der Waals surface area (Å²) >= 11 is 0. The van der Waals surface area contributed by atoms with Crippen molar-refractivity contribution in [1.82, 2.24) is 0 Å². The zero-order chi connectivity index (χ0) is 22.2. The highest BCUT2D eigenvalue weighted by molar-refractivity contribution is 5.42. The summed E-state index contributed by atoms with van der Waals surface area (Å²) < 4.78 is 0. The van der Waals surface area contributed by atoms with Crippen LogP contribution in [0.4, 0.5) is 0 Å². The van der Waals surface area contributed by atoms with E-state index in [0.29, 0.717) is 12.3 Å². The van der Waals surface area contributed by atoms with Crippen LogP contribution in [0.2, 0.25) is 0 Å². The van der Waals surface area contributed by atoms with Gasteiger partial charge in [0.15, 0.2) is 0 Å². The molecule has 176 valence electrons. The van der Waals surface area contributed by atoms with Gasteiger partial charge in [-0.05, 0) is 73.2 Å². The minimum absolute atomic E-state index is 0.273. The van der Waals surface area contributed by atoms with Crippen LogP contribution in [-0.2, 0) is 9.78 Å². The predicted octanol–water partition coefficient (Wildman–Crippen LogP) is 5.57. The summed E-state index contributed by atoms with van der Waals surface area (Å²) in [6.45, 7) is 11.9. The highest BCUT2D eigenvalue weighted by Crippen LogP contribution is 2.73. The van der Waals surface area contributed by atoms with Crippen molar-refractivity contribution >= 4 is 0 Å². The minimum Gasteiger partial charge on any atom is -0.393 e. The van der Waals surface area contributed by atoms with Crippen molar-refractivity contribution in [2.24, 2.45) is 34.5 Å². The molecule has 2 N–H and O–H groups in total. The zero-order valence-corrected chi connectivity index (χ0v) is 20.3. The predicted molar refractivity (Wildman–Crippen MR) is 121 cm³/mol. The Balaban J connectivity index is 1.45. The summed E-state index contributed by atoms with van der Waals surface area (Å²) in [5, 5.41) is 21.8. The van der Waals surface area contributed by atoms with Gasteiger partial charge in [-0.25, -0.2) is 9.78 Å². The molecule has 1 saturated heterocycles. The molecule has 4 aliphatic carbocycles. The van der Waals surface area contributed by atoms with Crippen molar-refractivity contribution in [3.63, 3.8) is 0 Å². The standard InChI is InChI=1S/C27H44O4/c1-17(2)7-6-8-18(3)20-9-10-21-22-15-23(29)27-16-19(28)11-12-25(27,5)26(22,30-31-27)14-13-24(20,21)4/h15,17-21,23,28-29H,6-14,16H2,1-5H3/t18-,19+,20-,21+,23-,24-,25-,26-,27+/m1/s1. The van der Waals surface area contributed by atoms with E-state index < -0.39 is 23.4 Å². The van der Waals surface area contributed by atoms with Gasteiger partial charge in [0.1, 0.15) is 17.3 Å². The van der Waals surface area contributed by atoms with Crippen LogP contribution >= 0.6 is 0 Å². The largest absolute Gasteiger partial charge is 0.393 e. The Morgan fingerprint density at radius 3 is 2.52 bits per heavy atom. The second-order valence-electron chi connectivity index (χ2n) is 12.7. The van der Waals surface area contributed by atoms with Gasteiger partial charge in [0.05, 0.1) is 6.10 Å². The maximum atomic E-state index is 11.4. The van der Waals surface area contributed by atoms with Crippen molar-refractivity contribution in [2.75, 3.05) is 0 Å². The van der Waals surface area contributed by atoms with E-state index in [-0.39, 0.29) is 10.8 Å². The van der Waals surface area contributed by atoms with Crippen molar-refractivity contribution in [1.29, 1.82) is 0 Å². The molecule has 4 heteroatoms. The Labute approximate surface area is 188 Å². The molecule has 1 heterocycles. The molecule has 1 spiro atoms. The van der Waals surface area contributed by atoms with Crippen LogP contribution in [0.25, 0.3) is 0 Å². The topological polar surface area (TPSA) is 58.9 Å². The molecule has 31 heavy (non-hydrogen) atoms. The van der Waals surface area contributed by atoms with Crippen LogP contribution in [0, 0.1) is 34.5 Å². The molecule has 3 saturated carbocycles. The third kappa shape index (κ3) is 2.80. The molecule has 5 rings (SSSR count). The van der Waals surface area contributed by atoms with Gasteiger partial charge in [-0.1, -0.05) is 60.0 Å². The zero-order valence-electron chi connectivity index (χ0n) is 20.3. The summed E-state index contributed by atoms with van der Waals surface area (Å²) in [4.78, 5) is 12.4. The van der Waals surface area contributed by atoms with E-state index >= 15 is 0 Å². The molecule has 2 bridgehead atoms. The van der Waals surface area contributed by atoms with Crippen LogP contribution in [0.1, 0.15) is 98.8 Å². The first kappa shape index (κ1) is 22.4. The SMILES string of the molecule is CC(C)CCC[C@@H](C)[C@H]1CC[C@H]2C3=C[C@@H](O)[C@@]45C[C@@H](O)CC[C@]4(C)[C@]3(CC[C@]12C)OO5. The van der Waals surface area contributed by atoms with Crippen molar-refractivity contribution in [2.45, 2.75) is 122 Å². The maximum Gasteiger partial charge on any atom is 0.144 e. The summed E-state index contributed by atoms with van der Waals surface area (Å²) in [5.41, 5.74) is 0.115. The van der Waals surface area contributed by atoms with E-state index in [1.54, 1.807) is 0 Å². The van der Waals surface area contributed by atoms with Crippen LogP contribution in [-0.4, -0.2) is 33.6 Å². The number of hydrogen-bond acceptors (Lipinski definition) is 4. The molecule has 4 fully saturated rings. The molecular weight excluding hydrogens is 388 g/mol. The number of fused-ring (bicyclic) bond motifs is 2. The molecule has 0 unspecified atom stereocenters. The van der Waals surface area contributed by atoms with Crippen LogP contribution in [0.5, 0.6) is 0 Å². The van der Waals surface area contributed by atoms with Gasteiger partial charge >= 0.3 is 0 Å². The van der Waals surface area contributed by atoms with Gasteiger partial charge in [-0.15, -0.1) is 0 Å². The summed E-state index contributed by atoms with van der Waals surface area (Å²) in [6, 6.07) is 0. The van der Waals surface area contributed by atoms with Gasteiger partial charge in [0, 0.05) is 11.8 Å². The molecular formula is C27H44O4. The van der Waals surface area contributed by atoms with Crippen LogP contribution < -0.4 is 0 Å². The molecule has 0 aromatic heterocycles. The molecule has 0 aromatic rings. The van der Waals surface area contributed by atoms with Gasteiger partial charge in [0.2, 0.25) is 0 Å². The highest BCUT2D eigenvalue weighted by atomic mass is 17.2. The quantitative estimate of drug-likeness (QED) is 0.441. The first-order chi connectivity index (χ1) is 14.6.